The summed E-state index contributed by atoms with van der Waals surface area (Å²) in [5.74, 6) is 0.989. The zero-order valence-corrected chi connectivity index (χ0v) is 16.4. The van der Waals surface area contributed by atoms with Gasteiger partial charge in [-0.15, -0.1) is 0 Å². The quantitative estimate of drug-likeness (QED) is 0.666. The average molecular weight is 342 g/mol. The lowest BCUT2D eigenvalue weighted by molar-refractivity contribution is -0.137. The normalized spacial score (nSPS) is 20.6. The number of hydrogen-bond donors (Lipinski definition) is 0. The first-order valence-corrected chi connectivity index (χ1v) is 9.95. The van der Waals surface area contributed by atoms with Gasteiger partial charge in [0, 0.05) is 52.4 Å². The fraction of sp³-hybridized carbons (Fsp3) is 0.947. The Balaban J connectivity index is 0.00000139. The Kier molecular flexibility index (Phi) is 11.3. The number of hydrogen-bond acceptors (Lipinski definition) is 4. The van der Waals surface area contributed by atoms with Gasteiger partial charge in [-0.05, 0) is 32.2 Å². The summed E-state index contributed by atoms with van der Waals surface area (Å²) in [4.78, 5) is 18.9. The molecule has 0 aromatic rings. The van der Waals surface area contributed by atoms with Crippen LogP contribution in [0.3, 0.4) is 0 Å². The van der Waals surface area contributed by atoms with Crippen LogP contribution in [0.15, 0.2) is 0 Å². The Labute approximate surface area is 149 Å². The van der Waals surface area contributed by atoms with Crippen LogP contribution >= 0.6 is 0 Å². The molecule has 0 aromatic heterocycles. The van der Waals surface area contributed by atoms with Crippen molar-refractivity contribution in [2.24, 2.45) is 5.92 Å². The molecule has 2 rings (SSSR count). The molecule has 0 N–H and O–H groups in total. The van der Waals surface area contributed by atoms with Crippen molar-refractivity contribution in [2.45, 2.75) is 46.5 Å². The summed E-state index contributed by atoms with van der Waals surface area (Å²) in [5, 5.41) is 0. The van der Waals surface area contributed by atoms with E-state index in [9.17, 15) is 4.79 Å². The number of likely N-dealkylation sites (tertiary alicyclic amines) is 1. The number of likely N-dealkylation sites (N-methyl/N-ethyl adjacent to an activating group) is 1. The fourth-order valence-corrected chi connectivity index (χ4v) is 3.30. The molecular formula is C19H39N3O2. The van der Waals surface area contributed by atoms with Crippen molar-refractivity contribution in [3.8, 4) is 0 Å². The summed E-state index contributed by atoms with van der Waals surface area (Å²) in [6.07, 6.45) is 4.58. The molecule has 0 spiro atoms. The van der Waals surface area contributed by atoms with Crippen molar-refractivity contribution in [3.63, 3.8) is 0 Å². The van der Waals surface area contributed by atoms with Gasteiger partial charge in [-0.1, -0.05) is 27.2 Å². The highest BCUT2D eigenvalue weighted by atomic mass is 16.5. The Morgan fingerprint density at radius 2 is 1.67 bits per heavy atom. The third-order valence-corrected chi connectivity index (χ3v) is 5.13. The molecule has 2 aliphatic rings. The Hall–Kier alpha value is -0.650. The predicted octanol–water partition coefficient (Wildman–Crippen LogP) is 2.32. The van der Waals surface area contributed by atoms with E-state index in [-0.39, 0.29) is 12.5 Å². The Bertz CT molecular complexity index is 323. The summed E-state index contributed by atoms with van der Waals surface area (Å²) < 4.78 is 5.59. The first kappa shape index (κ1) is 21.4. The maximum absolute atomic E-state index is 12.1. The molecule has 0 radical (unpaired) electrons. The van der Waals surface area contributed by atoms with Crippen LogP contribution < -0.4 is 0 Å². The van der Waals surface area contributed by atoms with Gasteiger partial charge in [0.1, 0.15) is 6.61 Å². The molecule has 2 saturated heterocycles. The van der Waals surface area contributed by atoms with E-state index in [1.165, 1.54) is 6.42 Å². The Morgan fingerprint density at radius 1 is 1.04 bits per heavy atom. The monoisotopic (exact) mass is 341 g/mol. The maximum Gasteiger partial charge on any atom is 0.248 e. The molecule has 0 aromatic carbocycles. The summed E-state index contributed by atoms with van der Waals surface area (Å²) in [6.45, 7) is 14.8. The first-order chi connectivity index (χ1) is 11.7. The number of amides is 1. The summed E-state index contributed by atoms with van der Waals surface area (Å²) in [7, 11) is 2.18. The summed E-state index contributed by atoms with van der Waals surface area (Å²) in [6, 6.07) is 0. The number of piperazine rings is 1. The van der Waals surface area contributed by atoms with Crippen molar-refractivity contribution in [2.75, 3.05) is 66.1 Å². The zero-order valence-electron chi connectivity index (χ0n) is 16.4. The van der Waals surface area contributed by atoms with Gasteiger partial charge in [-0.25, -0.2) is 0 Å². The molecule has 0 unspecified atom stereocenters. The van der Waals surface area contributed by atoms with Crippen LogP contribution in [0.2, 0.25) is 0 Å². The number of carbonyl (C=O) groups is 1. The Morgan fingerprint density at radius 3 is 2.25 bits per heavy atom. The van der Waals surface area contributed by atoms with Crippen LogP contribution in [0.4, 0.5) is 0 Å². The second-order valence-electron chi connectivity index (χ2n) is 6.78. The van der Waals surface area contributed by atoms with Crippen LogP contribution in [0, 0.1) is 5.92 Å². The summed E-state index contributed by atoms with van der Waals surface area (Å²) in [5.41, 5.74) is 0. The van der Waals surface area contributed by atoms with Crippen LogP contribution in [0.1, 0.15) is 46.5 Å². The highest BCUT2D eigenvalue weighted by Crippen LogP contribution is 2.19. The molecule has 5 heteroatoms. The van der Waals surface area contributed by atoms with E-state index in [1.54, 1.807) is 0 Å². The topological polar surface area (TPSA) is 36.0 Å². The second-order valence-corrected chi connectivity index (χ2v) is 6.78. The van der Waals surface area contributed by atoms with Crippen LogP contribution in [-0.2, 0) is 9.53 Å². The van der Waals surface area contributed by atoms with Gasteiger partial charge >= 0.3 is 0 Å². The summed E-state index contributed by atoms with van der Waals surface area (Å²) >= 11 is 0. The van der Waals surface area contributed by atoms with E-state index in [2.05, 4.69) is 23.8 Å². The maximum atomic E-state index is 12.1. The van der Waals surface area contributed by atoms with Gasteiger partial charge in [0.05, 0.1) is 0 Å². The third kappa shape index (κ3) is 7.95. The first-order valence-electron chi connectivity index (χ1n) is 9.95. The number of carbonyl (C=O) groups excluding carboxylic acids is 1. The van der Waals surface area contributed by atoms with Gasteiger partial charge in [-0.2, -0.15) is 0 Å². The predicted molar refractivity (Wildman–Crippen MR) is 100 cm³/mol. The smallest absolute Gasteiger partial charge is 0.248 e. The van der Waals surface area contributed by atoms with Crippen molar-refractivity contribution < 1.29 is 9.53 Å². The average Bonchev–Trinajstić information content (AvgIpc) is 2.64. The lowest BCUT2D eigenvalue weighted by atomic mass is 9.94. The minimum absolute atomic E-state index is 0.175. The minimum atomic E-state index is 0.175. The molecule has 142 valence electrons. The highest BCUT2D eigenvalue weighted by molar-refractivity contribution is 5.77. The van der Waals surface area contributed by atoms with Gasteiger partial charge < -0.3 is 19.4 Å². The van der Waals surface area contributed by atoms with Crippen LogP contribution in [0.5, 0.6) is 0 Å². The molecule has 0 aliphatic carbocycles. The molecule has 1 amide bonds. The largest absolute Gasteiger partial charge is 0.372 e. The van der Waals surface area contributed by atoms with Gasteiger partial charge in [0.25, 0.3) is 0 Å². The van der Waals surface area contributed by atoms with Gasteiger partial charge in [0.15, 0.2) is 0 Å². The fourth-order valence-electron chi connectivity index (χ4n) is 3.30. The van der Waals surface area contributed by atoms with E-state index in [4.69, 9.17) is 4.74 Å². The molecule has 2 fully saturated rings. The van der Waals surface area contributed by atoms with E-state index in [0.29, 0.717) is 6.61 Å². The molecular weight excluding hydrogens is 302 g/mol. The number of ether oxygens (including phenoxy) is 1. The molecule has 2 heterocycles. The van der Waals surface area contributed by atoms with Crippen LogP contribution in [0.25, 0.3) is 0 Å². The SMILES string of the molecule is CC.CCC1CCN(C(=O)COCCCN2CCN(C)CC2)CC1. The van der Waals surface area contributed by atoms with Crippen molar-refractivity contribution in [1.82, 2.24) is 14.7 Å². The van der Waals surface area contributed by atoms with Crippen molar-refractivity contribution >= 4 is 5.91 Å². The molecule has 0 saturated carbocycles. The highest BCUT2D eigenvalue weighted by Gasteiger charge is 2.21. The van der Waals surface area contributed by atoms with E-state index in [1.807, 2.05) is 18.7 Å². The van der Waals surface area contributed by atoms with Gasteiger partial charge in [0.2, 0.25) is 5.91 Å². The lowest BCUT2D eigenvalue weighted by Crippen LogP contribution is -2.44. The number of rotatable bonds is 7. The van der Waals surface area contributed by atoms with Crippen LogP contribution in [-0.4, -0.2) is 86.7 Å². The van der Waals surface area contributed by atoms with E-state index >= 15 is 0 Å². The molecule has 2 aliphatic heterocycles. The van der Waals surface area contributed by atoms with Crippen molar-refractivity contribution in [1.29, 1.82) is 0 Å². The lowest BCUT2D eigenvalue weighted by Gasteiger charge is -2.32. The van der Waals surface area contributed by atoms with E-state index in [0.717, 1.165) is 71.0 Å². The number of nitrogens with zero attached hydrogens (tertiary/aromatic N) is 3. The van der Waals surface area contributed by atoms with Crippen molar-refractivity contribution in [3.05, 3.63) is 0 Å². The minimum Gasteiger partial charge on any atom is -0.372 e. The van der Waals surface area contributed by atoms with E-state index < -0.39 is 0 Å². The molecule has 0 atom stereocenters. The number of piperidine rings is 1. The molecule has 0 bridgehead atoms. The zero-order chi connectivity index (χ0) is 17.8. The molecule has 24 heavy (non-hydrogen) atoms. The third-order valence-electron chi connectivity index (χ3n) is 5.13. The standard InChI is InChI=1S/C17H33N3O2.C2H6/c1-3-16-5-8-20(9-6-16)17(21)15-22-14-4-7-19-12-10-18(2)11-13-19;1-2/h16H,3-15H2,1-2H3;1-2H3. The molecule has 5 nitrogen and oxygen atoms in total. The van der Waals surface area contributed by atoms with Gasteiger partial charge in [-0.3, -0.25) is 4.79 Å². The second kappa shape index (κ2) is 12.7.